The molecule has 86 valence electrons. The third-order valence-electron chi connectivity index (χ3n) is 3.03. The van der Waals surface area contributed by atoms with Crippen LogP contribution >= 0.6 is 0 Å². The Morgan fingerprint density at radius 1 is 1.53 bits per heavy atom. The minimum atomic E-state index is -0.153. The maximum Gasteiger partial charge on any atom is 0.0683 e. The van der Waals surface area contributed by atoms with Crippen LogP contribution in [0, 0.1) is 16.7 Å². The fourth-order valence-electron chi connectivity index (χ4n) is 2.02. The van der Waals surface area contributed by atoms with Crippen molar-refractivity contribution in [3.63, 3.8) is 0 Å². The zero-order valence-corrected chi connectivity index (χ0v) is 10.2. The van der Waals surface area contributed by atoms with E-state index >= 15 is 0 Å². The summed E-state index contributed by atoms with van der Waals surface area (Å²) < 4.78 is 0. The summed E-state index contributed by atoms with van der Waals surface area (Å²) in [6, 6.07) is 2.97. The predicted octanol–water partition coefficient (Wildman–Crippen LogP) is 1.61. The molecule has 0 radical (unpaired) electrons. The standard InChI is InChI=1S/C12H23N3/c1-11-9-15(8-6-14-11)7-4-5-12(2,3)10-13/h11,14H,4-9H2,1-3H3. The van der Waals surface area contributed by atoms with Gasteiger partial charge in [0.1, 0.15) is 0 Å². The van der Waals surface area contributed by atoms with E-state index in [0.29, 0.717) is 6.04 Å². The first-order chi connectivity index (χ1) is 7.03. The van der Waals surface area contributed by atoms with Crippen LogP contribution in [-0.2, 0) is 0 Å². The number of rotatable bonds is 4. The van der Waals surface area contributed by atoms with E-state index in [-0.39, 0.29) is 5.41 Å². The van der Waals surface area contributed by atoms with Crippen molar-refractivity contribution in [1.82, 2.24) is 10.2 Å². The molecule has 1 aliphatic heterocycles. The molecule has 1 saturated heterocycles. The van der Waals surface area contributed by atoms with Gasteiger partial charge >= 0.3 is 0 Å². The van der Waals surface area contributed by atoms with Crippen LogP contribution in [0.4, 0.5) is 0 Å². The van der Waals surface area contributed by atoms with Crippen LogP contribution in [0.25, 0.3) is 0 Å². The Bertz CT molecular complexity index is 230. The molecule has 1 heterocycles. The van der Waals surface area contributed by atoms with E-state index in [4.69, 9.17) is 5.26 Å². The number of nitrogens with zero attached hydrogens (tertiary/aromatic N) is 2. The van der Waals surface area contributed by atoms with E-state index in [0.717, 1.165) is 39.0 Å². The Morgan fingerprint density at radius 2 is 2.27 bits per heavy atom. The van der Waals surface area contributed by atoms with Crippen LogP contribution in [0.2, 0.25) is 0 Å². The van der Waals surface area contributed by atoms with Crippen molar-refractivity contribution < 1.29 is 0 Å². The summed E-state index contributed by atoms with van der Waals surface area (Å²) >= 11 is 0. The quantitative estimate of drug-likeness (QED) is 0.764. The molecule has 1 atom stereocenters. The van der Waals surface area contributed by atoms with E-state index in [1.165, 1.54) is 0 Å². The highest BCUT2D eigenvalue weighted by atomic mass is 15.2. The van der Waals surface area contributed by atoms with Gasteiger partial charge in [0.15, 0.2) is 0 Å². The summed E-state index contributed by atoms with van der Waals surface area (Å²) in [5.41, 5.74) is -0.153. The molecule has 0 amide bonds. The van der Waals surface area contributed by atoms with Gasteiger partial charge in [-0.25, -0.2) is 0 Å². The monoisotopic (exact) mass is 209 g/mol. The smallest absolute Gasteiger partial charge is 0.0683 e. The minimum Gasteiger partial charge on any atom is -0.312 e. The van der Waals surface area contributed by atoms with Crippen molar-refractivity contribution in [2.75, 3.05) is 26.2 Å². The molecular formula is C12H23N3. The summed E-state index contributed by atoms with van der Waals surface area (Å²) in [5, 5.41) is 12.3. The Kier molecular flexibility index (Phi) is 4.56. The second-order valence-corrected chi connectivity index (χ2v) is 5.26. The number of hydrogen-bond donors (Lipinski definition) is 1. The van der Waals surface area contributed by atoms with Gasteiger partial charge in [-0.15, -0.1) is 0 Å². The molecule has 1 N–H and O–H groups in total. The zero-order chi connectivity index (χ0) is 11.3. The third-order valence-corrected chi connectivity index (χ3v) is 3.03. The maximum atomic E-state index is 8.90. The summed E-state index contributed by atoms with van der Waals surface area (Å²) in [6.07, 6.45) is 2.13. The topological polar surface area (TPSA) is 39.1 Å². The van der Waals surface area contributed by atoms with Crippen molar-refractivity contribution in [2.24, 2.45) is 5.41 Å². The molecule has 1 fully saturated rings. The second-order valence-electron chi connectivity index (χ2n) is 5.26. The van der Waals surface area contributed by atoms with E-state index in [1.807, 2.05) is 13.8 Å². The molecule has 0 bridgehead atoms. The van der Waals surface area contributed by atoms with Gasteiger partial charge in [-0.2, -0.15) is 5.26 Å². The lowest BCUT2D eigenvalue weighted by Gasteiger charge is -2.32. The number of hydrogen-bond acceptors (Lipinski definition) is 3. The van der Waals surface area contributed by atoms with Gasteiger partial charge in [0.25, 0.3) is 0 Å². The average molecular weight is 209 g/mol. The molecule has 1 unspecified atom stereocenters. The Balaban J connectivity index is 2.18. The number of piperazine rings is 1. The summed E-state index contributed by atoms with van der Waals surface area (Å²) in [6.45, 7) is 10.8. The highest BCUT2D eigenvalue weighted by molar-refractivity contribution is 4.91. The molecule has 0 spiro atoms. The van der Waals surface area contributed by atoms with E-state index in [1.54, 1.807) is 0 Å². The fourth-order valence-corrected chi connectivity index (χ4v) is 2.02. The van der Waals surface area contributed by atoms with Crippen LogP contribution in [-0.4, -0.2) is 37.1 Å². The average Bonchev–Trinajstić information content (AvgIpc) is 2.18. The second kappa shape index (κ2) is 5.48. The molecule has 0 aliphatic carbocycles. The first kappa shape index (κ1) is 12.5. The fraction of sp³-hybridized carbons (Fsp3) is 0.917. The Hall–Kier alpha value is -0.590. The lowest BCUT2D eigenvalue weighted by atomic mass is 9.90. The predicted molar refractivity (Wildman–Crippen MR) is 62.5 cm³/mol. The van der Waals surface area contributed by atoms with Crippen LogP contribution in [0.3, 0.4) is 0 Å². The Morgan fingerprint density at radius 3 is 2.87 bits per heavy atom. The molecule has 15 heavy (non-hydrogen) atoms. The maximum absolute atomic E-state index is 8.90. The summed E-state index contributed by atoms with van der Waals surface area (Å²) in [4.78, 5) is 2.49. The van der Waals surface area contributed by atoms with E-state index in [9.17, 15) is 0 Å². The number of nitrogens with one attached hydrogen (secondary N) is 1. The van der Waals surface area contributed by atoms with Crippen molar-refractivity contribution in [3.05, 3.63) is 0 Å². The van der Waals surface area contributed by atoms with Gasteiger partial charge in [0.2, 0.25) is 0 Å². The molecule has 0 saturated carbocycles. The lowest BCUT2D eigenvalue weighted by molar-refractivity contribution is 0.198. The minimum absolute atomic E-state index is 0.153. The first-order valence-electron chi connectivity index (χ1n) is 5.90. The molecule has 3 heteroatoms. The van der Waals surface area contributed by atoms with Crippen molar-refractivity contribution in [2.45, 2.75) is 39.7 Å². The zero-order valence-electron chi connectivity index (χ0n) is 10.2. The number of nitriles is 1. The van der Waals surface area contributed by atoms with Crippen LogP contribution in [0.5, 0.6) is 0 Å². The first-order valence-corrected chi connectivity index (χ1v) is 5.90. The lowest BCUT2D eigenvalue weighted by Crippen LogP contribution is -2.49. The van der Waals surface area contributed by atoms with E-state index < -0.39 is 0 Å². The van der Waals surface area contributed by atoms with Gasteiger partial charge in [0, 0.05) is 25.7 Å². The summed E-state index contributed by atoms with van der Waals surface area (Å²) in [5.74, 6) is 0. The normalized spacial score (nSPS) is 23.7. The highest BCUT2D eigenvalue weighted by Crippen LogP contribution is 2.20. The van der Waals surface area contributed by atoms with Crippen LogP contribution in [0.1, 0.15) is 33.6 Å². The van der Waals surface area contributed by atoms with Crippen molar-refractivity contribution >= 4 is 0 Å². The van der Waals surface area contributed by atoms with Crippen molar-refractivity contribution in [1.29, 1.82) is 5.26 Å². The van der Waals surface area contributed by atoms with Gasteiger partial charge in [0.05, 0.1) is 11.5 Å². The molecule has 0 aromatic rings. The van der Waals surface area contributed by atoms with Gasteiger partial charge in [-0.3, -0.25) is 0 Å². The molecule has 1 rings (SSSR count). The SMILES string of the molecule is CC1CN(CCCC(C)(C)C#N)CCN1. The van der Waals surface area contributed by atoms with E-state index in [2.05, 4.69) is 23.2 Å². The van der Waals surface area contributed by atoms with Gasteiger partial charge in [-0.05, 0) is 40.2 Å². The summed E-state index contributed by atoms with van der Waals surface area (Å²) in [7, 11) is 0. The van der Waals surface area contributed by atoms with Gasteiger partial charge in [-0.1, -0.05) is 0 Å². The van der Waals surface area contributed by atoms with Crippen LogP contribution in [0.15, 0.2) is 0 Å². The Labute approximate surface area is 93.5 Å². The third kappa shape index (κ3) is 4.63. The molecule has 3 nitrogen and oxygen atoms in total. The molecule has 0 aromatic heterocycles. The molecule has 1 aliphatic rings. The largest absolute Gasteiger partial charge is 0.312 e. The highest BCUT2D eigenvalue weighted by Gasteiger charge is 2.18. The van der Waals surface area contributed by atoms with Gasteiger partial charge < -0.3 is 10.2 Å². The molecule has 0 aromatic carbocycles. The molecular weight excluding hydrogens is 186 g/mol. The van der Waals surface area contributed by atoms with Crippen LogP contribution < -0.4 is 5.32 Å². The van der Waals surface area contributed by atoms with Crippen molar-refractivity contribution in [3.8, 4) is 6.07 Å².